The number of nitrogens with zero attached hydrogens (tertiary/aromatic N) is 1. The van der Waals surface area contributed by atoms with Crippen molar-refractivity contribution in [2.75, 3.05) is 10.6 Å². The molecule has 0 radical (unpaired) electrons. The van der Waals surface area contributed by atoms with Gasteiger partial charge in [-0.3, -0.25) is 19.4 Å². The number of pyridine rings is 1. The summed E-state index contributed by atoms with van der Waals surface area (Å²) < 4.78 is 0. The van der Waals surface area contributed by atoms with Crippen LogP contribution in [-0.4, -0.2) is 22.7 Å². The summed E-state index contributed by atoms with van der Waals surface area (Å²) >= 11 is 0. The van der Waals surface area contributed by atoms with Crippen LogP contribution in [0.5, 0.6) is 0 Å². The van der Waals surface area contributed by atoms with Gasteiger partial charge in [0.1, 0.15) is 0 Å². The molecule has 1 fully saturated rings. The maximum Gasteiger partial charge on any atom is 0.255 e. The molecular weight excluding hydrogens is 392 g/mol. The van der Waals surface area contributed by atoms with Crippen molar-refractivity contribution in [2.45, 2.75) is 19.4 Å². The fourth-order valence-corrected chi connectivity index (χ4v) is 2.99. The summed E-state index contributed by atoms with van der Waals surface area (Å²) in [5.74, 6) is -0.230. The highest BCUT2D eigenvalue weighted by Crippen LogP contribution is 2.30. The number of benzene rings is 2. The average molecular weight is 414 g/mol. The molecule has 156 valence electrons. The Bertz CT molecular complexity index is 1080. The summed E-state index contributed by atoms with van der Waals surface area (Å²) in [7, 11) is 0. The van der Waals surface area contributed by atoms with Crippen LogP contribution in [0, 0.1) is 5.92 Å². The monoisotopic (exact) mass is 414 g/mol. The SMILES string of the molecule is O=C(NCc1ccc(NC(=O)c2ccncc2)cc1)c1ccc(NC(=O)C2CC2)cc1. The third-order valence-corrected chi connectivity index (χ3v) is 4.97. The molecule has 0 unspecified atom stereocenters. The quantitative estimate of drug-likeness (QED) is 0.550. The molecule has 0 saturated heterocycles. The van der Waals surface area contributed by atoms with Crippen molar-refractivity contribution in [2.24, 2.45) is 5.92 Å². The van der Waals surface area contributed by atoms with Crippen LogP contribution in [0.15, 0.2) is 73.1 Å². The Labute approximate surface area is 179 Å². The molecule has 31 heavy (non-hydrogen) atoms. The van der Waals surface area contributed by atoms with E-state index in [-0.39, 0.29) is 23.6 Å². The Morgan fingerprint density at radius 2 is 1.32 bits per heavy atom. The lowest BCUT2D eigenvalue weighted by molar-refractivity contribution is -0.117. The molecule has 3 N–H and O–H groups in total. The maximum atomic E-state index is 12.4. The second kappa shape index (κ2) is 9.21. The van der Waals surface area contributed by atoms with E-state index < -0.39 is 0 Å². The Morgan fingerprint density at radius 1 is 0.742 bits per heavy atom. The van der Waals surface area contributed by atoms with E-state index in [0.29, 0.717) is 29.0 Å². The summed E-state index contributed by atoms with van der Waals surface area (Å²) in [5.41, 5.74) is 3.32. The van der Waals surface area contributed by atoms with Gasteiger partial charge in [0.25, 0.3) is 11.8 Å². The Balaban J connectivity index is 1.27. The highest BCUT2D eigenvalue weighted by Gasteiger charge is 2.29. The van der Waals surface area contributed by atoms with Gasteiger partial charge in [0.2, 0.25) is 5.91 Å². The molecule has 1 heterocycles. The van der Waals surface area contributed by atoms with Crippen molar-refractivity contribution in [3.63, 3.8) is 0 Å². The third-order valence-electron chi connectivity index (χ3n) is 4.97. The maximum absolute atomic E-state index is 12.4. The lowest BCUT2D eigenvalue weighted by Gasteiger charge is -2.09. The van der Waals surface area contributed by atoms with Crippen LogP contribution >= 0.6 is 0 Å². The van der Waals surface area contributed by atoms with Crippen molar-refractivity contribution in [1.29, 1.82) is 0 Å². The molecule has 3 aromatic rings. The first-order chi connectivity index (χ1) is 15.1. The van der Waals surface area contributed by atoms with Crippen LogP contribution in [0.4, 0.5) is 11.4 Å². The van der Waals surface area contributed by atoms with E-state index in [4.69, 9.17) is 0 Å². The summed E-state index contributed by atoms with van der Waals surface area (Å²) in [6, 6.07) is 17.4. The van der Waals surface area contributed by atoms with Crippen molar-refractivity contribution in [3.8, 4) is 0 Å². The van der Waals surface area contributed by atoms with Crippen LogP contribution in [-0.2, 0) is 11.3 Å². The minimum absolute atomic E-state index is 0.0395. The van der Waals surface area contributed by atoms with Crippen LogP contribution in [0.2, 0.25) is 0 Å². The molecule has 1 saturated carbocycles. The van der Waals surface area contributed by atoms with Gasteiger partial charge < -0.3 is 16.0 Å². The number of carbonyl (C=O) groups is 3. The van der Waals surface area contributed by atoms with E-state index in [9.17, 15) is 14.4 Å². The van der Waals surface area contributed by atoms with Gasteiger partial charge in [0.05, 0.1) is 0 Å². The Morgan fingerprint density at radius 3 is 1.97 bits per heavy atom. The molecule has 1 aliphatic rings. The van der Waals surface area contributed by atoms with E-state index in [1.165, 1.54) is 0 Å². The zero-order valence-corrected chi connectivity index (χ0v) is 16.8. The molecule has 1 aromatic heterocycles. The highest BCUT2D eigenvalue weighted by molar-refractivity contribution is 6.04. The first kappa shape index (κ1) is 20.3. The number of anilines is 2. The second-order valence-electron chi connectivity index (χ2n) is 7.41. The smallest absolute Gasteiger partial charge is 0.255 e. The fraction of sp³-hybridized carbons (Fsp3) is 0.167. The lowest BCUT2D eigenvalue weighted by atomic mass is 10.1. The molecule has 0 bridgehead atoms. The largest absolute Gasteiger partial charge is 0.348 e. The molecule has 7 heteroatoms. The number of aromatic nitrogens is 1. The molecular formula is C24H22N4O3. The second-order valence-corrected chi connectivity index (χ2v) is 7.41. The van der Waals surface area contributed by atoms with Gasteiger partial charge >= 0.3 is 0 Å². The Kier molecular flexibility index (Phi) is 6.03. The molecule has 1 aliphatic carbocycles. The number of rotatable bonds is 7. The topological polar surface area (TPSA) is 100 Å². The average Bonchev–Trinajstić information content (AvgIpc) is 3.65. The van der Waals surface area contributed by atoms with Gasteiger partial charge in [0, 0.05) is 47.4 Å². The predicted octanol–water partition coefficient (Wildman–Crippen LogP) is 3.61. The zero-order chi connectivity index (χ0) is 21.6. The van der Waals surface area contributed by atoms with Crippen LogP contribution in [0.1, 0.15) is 39.1 Å². The minimum atomic E-state index is -0.208. The summed E-state index contributed by atoms with van der Waals surface area (Å²) in [4.78, 5) is 40.2. The first-order valence-corrected chi connectivity index (χ1v) is 10.1. The molecule has 2 aromatic carbocycles. The molecule has 7 nitrogen and oxygen atoms in total. The molecule has 3 amide bonds. The van der Waals surface area contributed by atoms with Gasteiger partial charge in [-0.2, -0.15) is 0 Å². The van der Waals surface area contributed by atoms with Gasteiger partial charge in [0.15, 0.2) is 0 Å². The Hall–Kier alpha value is -4.00. The highest BCUT2D eigenvalue weighted by atomic mass is 16.2. The van der Waals surface area contributed by atoms with E-state index >= 15 is 0 Å². The first-order valence-electron chi connectivity index (χ1n) is 10.1. The number of amides is 3. The van der Waals surface area contributed by atoms with E-state index in [0.717, 1.165) is 18.4 Å². The normalized spacial score (nSPS) is 12.6. The van der Waals surface area contributed by atoms with Gasteiger partial charge in [-0.25, -0.2) is 0 Å². The predicted molar refractivity (Wildman–Crippen MR) is 118 cm³/mol. The number of carbonyl (C=O) groups excluding carboxylic acids is 3. The van der Waals surface area contributed by atoms with Crippen molar-refractivity contribution in [3.05, 3.63) is 89.7 Å². The van der Waals surface area contributed by atoms with E-state index in [1.54, 1.807) is 60.9 Å². The standard InChI is InChI=1S/C24H22N4O3/c29-22(17-5-9-21(10-6-17)28-23(30)18-3-4-18)26-15-16-1-7-20(8-2-16)27-24(31)19-11-13-25-14-12-19/h1-2,5-14,18H,3-4,15H2,(H,26,29)(H,27,31)(H,28,30). The molecule has 0 aliphatic heterocycles. The van der Waals surface area contributed by atoms with Gasteiger partial charge in [-0.05, 0) is 66.9 Å². The minimum Gasteiger partial charge on any atom is -0.348 e. The van der Waals surface area contributed by atoms with Crippen molar-refractivity contribution < 1.29 is 14.4 Å². The number of nitrogens with one attached hydrogen (secondary N) is 3. The van der Waals surface area contributed by atoms with Crippen LogP contribution < -0.4 is 16.0 Å². The van der Waals surface area contributed by atoms with Crippen molar-refractivity contribution >= 4 is 29.1 Å². The molecule has 0 spiro atoms. The summed E-state index contributed by atoms with van der Waals surface area (Å²) in [6.07, 6.45) is 5.03. The number of hydrogen-bond acceptors (Lipinski definition) is 4. The van der Waals surface area contributed by atoms with Crippen LogP contribution in [0.3, 0.4) is 0 Å². The molecule has 0 atom stereocenters. The lowest BCUT2D eigenvalue weighted by Crippen LogP contribution is -2.22. The number of hydrogen-bond donors (Lipinski definition) is 3. The zero-order valence-electron chi connectivity index (χ0n) is 16.8. The summed E-state index contributed by atoms with van der Waals surface area (Å²) in [6.45, 7) is 0.359. The van der Waals surface area contributed by atoms with Gasteiger partial charge in [-0.15, -0.1) is 0 Å². The third kappa shape index (κ3) is 5.54. The van der Waals surface area contributed by atoms with Crippen molar-refractivity contribution in [1.82, 2.24) is 10.3 Å². The van der Waals surface area contributed by atoms with E-state index in [1.807, 2.05) is 12.1 Å². The molecule has 4 rings (SSSR count). The van der Waals surface area contributed by atoms with Crippen LogP contribution in [0.25, 0.3) is 0 Å². The fourth-order valence-electron chi connectivity index (χ4n) is 2.99. The van der Waals surface area contributed by atoms with E-state index in [2.05, 4.69) is 20.9 Å². The summed E-state index contributed by atoms with van der Waals surface area (Å²) in [5, 5.41) is 8.54. The van der Waals surface area contributed by atoms with Gasteiger partial charge in [-0.1, -0.05) is 12.1 Å².